The van der Waals surface area contributed by atoms with Crippen LogP contribution in [0.3, 0.4) is 0 Å². The van der Waals surface area contributed by atoms with Crippen LogP contribution >= 0.6 is 0 Å². The van der Waals surface area contributed by atoms with Gasteiger partial charge in [-0.25, -0.2) is 4.79 Å². The summed E-state index contributed by atoms with van der Waals surface area (Å²) in [4.78, 5) is 21.0. The maximum Gasteiger partial charge on any atom is 0.323 e. The Labute approximate surface area is 148 Å². The average molecular weight is 343 g/mol. The first kappa shape index (κ1) is 17.4. The number of nitrogens with one attached hydrogen (secondary N) is 1. The van der Waals surface area contributed by atoms with Gasteiger partial charge in [0.25, 0.3) is 0 Å². The molecule has 1 fully saturated rings. The van der Waals surface area contributed by atoms with E-state index in [0.717, 1.165) is 44.6 Å². The standard InChI is InChI=1S/C18H25N5O2/c1-14-12-17(21-25-14)20-18(24)23-10-5-7-16(8-11-23)22(2)13-15-6-3-4-9-19-15/h3-4,6,9,12,16H,5,7-8,10-11,13H2,1-2H3,(H,20,21,24)/t16-/m1/s1. The van der Waals surface area contributed by atoms with Crippen molar-refractivity contribution in [3.8, 4) is 0 Å². The third-order valence-electron chi connectivity index (χ3n) is 4.61. The van der Waals surface area contributed by atoms with Gasteiger partial charge in [-0.05, 0) is 45.4 Å². The van der Waals surface area contributed by atoms with Crippen LogP contribution in [0.1, 0.15) is 30.7 Å². The molecule has 1 aliphatic rings. The Kier molecular flexibility index (Phi) is 5.65. The highest BCUT2D eigenvalue weighted by Crippen LogP contribution is 2.18. The lowest BCUT2D eigenvalue weighted by molar-refractivity contribution is 0.200. The number of pyridine rings is 1. The van der Waals surface area contributed by atoms with Crippen molar-refractivity contribution in [2.45, 2.75) is 38.8 Å². The summed E-state index contributed by atoms with van der Waals surface area (Å²) in [6.07, 6.45) is 4.85. The van der Waals surface area contributed by atoms with Gasteiger partial charge in [0.2, 0.25) is 0 Å². The molecule has 1 aliphatic heterocycles. The second kappa shape index (κ2) is 8.11. The number of aryl methyl sites for hydroxylation is 1. The Morgan fingerprint density at radius 3 is 3.00 bits per heavy atom. The molecule has 1 N–H and O–H groups in total. The van der Waals surface area contributed by atoms with Crippen molar-refractivity contribution >= 4 is 11.8 Å². The molecule has 2 aromatic rings. The second-order valence-corrected chi connectivity index (χ2v) is 6.56. The van der Waals surface area contributed by atoms with Crippen LogP contribution in [0.15, 0.2) is 35.0 Å². The van der Waals surface area contributed by atoms with E-state index >= 15 is 0 Å². The number of nitrogens with zero attached hydrogens (tertiary/aromatic N) is 4. The zero-order chi connectivity index (χ0) is 17.6. The van der Waals surface area contributed by atoms with Gasteiger partial charge in [0.15, 0.2) is 5.82 Å². The highest BCUT2D eigenvalue weighted by molar-refractivity contribution is 5.88. The fourth-order valence-electron chi connectivity index (χ4n) is 3.21. The van der Waals surface area contributed by atoms with Crippen LogP contribution in [0.5, 0.6) is 0 Å². The minimum atomic E-state index is -0.110. The molecule has 0 spiro atoms. The van der Waals surface area contributed by atoms with Crippen molar-refractivity contribution in [3.05, 3.63) is 41.9 Å². The van der Waals surface area contributed by atoms with Crippen LogP contribution in [0, 0.1) is 6.92 Å². The van der Waals surface area contributed by atoms with E-state index < -0.39 is 0 Å². The number of hydrogen-bond acceptors (Lipinski definition) is 5. The molecule has 1 atom stereocenters. The second-order valence-electron chi connectivity index (χ2n) is 6.56. The molecule has 0 bridgehead atoms. The van der Waals surface area contributed by atoms with Crippen molar-refractivity contribution in [1.82, 2.24) is 19.9 Å². The third kappa shape index (κ3) is 4.79. The van der Waals surface area contributed by atoms with E-state index in [1.54, 1.807) is 13.0 Å². The number of anilines is 1. The zero-order valence-electron chi connectivity index (χ0n) is 14.8. The van der Waals surface area contributed by atoms with Gasteiger partial charge in [-0.3, -0.25) is 15.2 Å². The number of carbonyl (C=O) groups excluding carboxylic acids is 1. The van der Waals surface area contributed by atoms with Gasteiger partial charge in [0.05, 0.1) is 5.69 Å². The molecule has 7 nitrogen and oxygen atoms in total. The number of amides is 2. The maximum atomic E-state index is 12.4. The zero-order valence-corrected chi connectivity index (χ0v) is 14.8. The van der Waals surface area contributed by atoms with E-state index in [-0.39, 0.29) is 6.03 Å². The van der Waals surface area contributed by atoms with E-state index in [1.807, 2.05) is 29.3 Å². The van der Waals surface area contributed by atoms with Crippen molar-refractivity contribution < 1.29 is 9.32 Å². The van der Waals surface area contributed by atoms with Gasteiger partial charge in [0, 0.05) is 37.9 Å². The largest absolute Gasteiger partial charge is 0.360 e. The molecule has 2 aromatic heterocycles. The number of hydrogen-bond donors (Lipinski definition) is 1. The van der Waals surface area contributed by atoms with Gasteiger partial charge in [-0.2, -0.15) is 0 Å². The molecule has 3 rings (SSSR count). The summed E-state index contributed by atoms with van der Waals surface area (Å²) in [6.45, 7) is 4.13. The Bertz CT molecular complexity index is 688. The number of carbonyl (C=O) groups is 1. The Hall–Kier alpha value is -2.41. The van der Waals surface area contributed by atoms with Crippen molar-refractivity contribution in [2.24, 2.45) is 0 Å². The third-order valence-corrected chi connectivity index (χ3v) is 4.61. The van der Waals surface area contributed by atoms with E-state index in [9.17, 15) is 4.79 Å². The summed E-state index contributed by atoms with van der Waals surface area (Å²) >= 11 is 0. The fraction of sp³-hybridized carbons (Fsp3) is 0.500. The number of aromatic nitrogens is 2. The Morgan fingerprint density at radius 2 is 2.28 bits per heavy atom. The molecule has 2 amide bonds. The van der Waals surface area contributed by atoms with Gasteiger partial charge in [-0.15, -0.1) is 0 Å². The molecule has 25 heavy (non-hydrogen) atoms. The summed E-state index contributed by atoms with van der Waals surface area (Å²) in [6, 6.07) is 8.06. The summed E-state index contributed by atoms with van der Waals surface area (Å²) in [7, 11) is 2.13. The maximum absolute atomic E-state index is 12.4. The highest BCUT2D eigenvalue weighted by Gasteiger charge is 2.23. The van der Waals surface area contributed by atoms with Crippen molar-refractivity contribution in [3.63, 3.8) is 0 Å². The molecule has 0 aliphatic carbocycles. The predicted molar refractivity (Wildman–Crippen MR) is 95.2 cm³/mol. The highest BCUT2D eigenvalue weighted by atomic mass is 16.5. The van der Waals surface area contributed by atoms with E-state index in [1.165, 1.54) is 0 Å². The van der Waals surface area contributed by atoms with Gasteiger partial charge in [-0.1, -0.05) is 11.2 Å². The number of rotatable bonds is 4. The summed E-state index contributed by atoms with van der Waals surface area (Å²) < 4.78 is 4.99. The summed E-state index contributed by atoms with van der Waals surface area (Å²) in [5.74, 6) is 1.15. The van der Waals surface area contributed by atoms with Crippen LogP contribution in [0.25, 0.3) is 0 Å². The van der Waals surface area contributed by atoms with Crippen LogP contribution in [0.4, 0.5) is 10.6 Å². The van der Waals surface area contributed by atoms with Crippen LogP contribution in [-0.4, -0.2) is 52.2 Å². The van der Waals surface area contributed by atoms with Crippen molar-refractivity contribution in [1.29, 1.82) is 0 Å². The van der Waals surface area contributed by atoms with E-state index in [4.69, 9.17) is 4.52 Å². The van der Waals surface area contributed by atoms with Gasteiger partial charge in [0.1, 0.15) is 5.76 Å². The van der Waals surface area contributed by atoms with Crippen LogP contribution in [0.2, 0.25) is 0 Å². The molecule has 134 valence electrons. The van der Waals surface area contributed by atoms with Gasteiger partial charge >= 0.3 is 6.03 Å². The molecule has 0 saturated carbocycles. The van der Waals surface area contributed by atoms with Crippen LogP contribution in [-0.2, 0) is 6.54 Å². The lowest BCUT2D eigenvalue weighted by Gasteiger charge is -2.27. The van der Waals surface area contributed by atoms with Crippen LogP contribution < -0.4 is 5.32 Å². The Balaban J connectivity index is 1.52. The molecule has 1 saturated heterocycles. The molecule has 7 heteroatoms. The van der Waals surface area contributed by atoms with E-state index in [2.05, 4.69) is 27.4 Å². The van der Waals surface area contributed by atoms with Crippen molar-refractivity contribution in [2.75, 3.05) is 25.5 Å². The monoisotopic (exact) mass is 343 g/mol. The summed E-state index contributed by atoms with van der Waals surface area (Å²) in [5.41, 5.74) is 1.07. The quantitative estimate of drug-likeness (QED) is 0.924. The minimum Gasteiger partial charge on any atom is -0.360 e. The smallest absolute Gasteiger partial charge is 0.323 e. The van der Waals surface area contributed by atoms with Gasteiger partial charge < -0.3 is 9.42 Å². The topological polar surface area (TPSA) is 74.5 Å². The average Bonchev–Trinajstić information content (AvgIpc) is 2.86. The first-order valence-corrected chi connectivity index (χ1v) is 8.71. The SMILES string of the molecule is Cc1cc(NC(=O)N2CCC[C@@H](N(C)Cc3ccccn3)CC2)no1. The lowest BCUT2D eigenvalue weighted by Crippen LogP contribution is -2.37. The minimum absolute atomic E-state index is 0.110. The van der Waals surface area contributed by atoms with E-state index in [0.29, 0.717) is 17.6 Å². The lowest BCUT2D eigenvalue weighted by atomic mass is 10.1. The fourth-order valence-corrected chi connectivity index (χ4v) is 3.21. The first-order valence-electron chi connectivity index (χ1n) is 8.71. The first-order chi connectivity index (χ1) is 12.1. The molecule has 0 aromatic carbocycles. The number of likely N-dealkylation sites (tertiary alicyclic amines) is 1. The molecule has 3 heterocycles. The molecular weight excluding hydrogens is 318 g/mol. The summed E-state index contributed by atoms with van der Waals surface area (Å²) in [5, 5.41) is 6.62. The molecule has 0 radical (unpaired) electrons. The predicted octanol–water partition coefficient (Wildman–Crippen LogP) is 2.90. The number of urea groups is 1. The molecular formula is C18H25N5O2. The normalized spacial score (nSPS) is 18.2. The Morgan fingerprint density at radius 1 is 1.40 bits per heavy atom. The molecule has 0 unspecified atom stereocenters.